The summed E-state index contributed by atoms with van der Waals surface area (Å²) >= 11 is 1.44. The molecular formula is C11H12N2O3S. The molecule has 0 aromatic carbocycles. The third-order valence-corrected chi connectivity index (χ3v) is 3.84. The maximum Gasteiger partial charge on any atom is 0.271 e. The molecule has 1 saturated heterocycles. The maximum atomic E-state index is 12.2. The van der Waals surface area contributed by atoms with Gasteiger partial charge in [-0.1, -0.05) is 0 Å². The van der Waals surface area contributed by atoms with E-state index in [1.165, 1.54) is 11.3 Å². The topological polar surface area (TPSA) is 53.4 Å². The van der Waals surface area contributed by atoms with Crippen LogP contribution in [0, 0.1) is 6.92 Å². The molecule has 90 valence electrons. The van der Waals surface area contributed by atoms with Crippen molar-refractivity contribution >= 4 is 21.6 Å². The summed E-state index contributed by atoms with van der Waals surface area (Å²) < 4.78 is 12.9. The molecule has 6 heteroatoms. The summed E-state index contributed by atoms with van der Waals surface area (Å²) in [5.74, 6) is 0. The fourth-order valence-corrected chi connectivity index (χ4v) is 2.81. The number of aryl methyl sites for hydroxylation is 1. The molecule has 1 aliphatic heterocycles. The third kappa shape index (κ3) is 1.88. The molecule has 0 unspecified atom stereocenters. The van der Waals surface area contributed by atoms with Gasteiger partial charge in [-0.05, 0) is 17.9 Å². The highest BCUT2D eigenvalue weighted by atomic mass is 32.1. The quantitative estimate of drug-likeness (QED) is 0.804. The van der Waals surface area contributed by atoms with Gasteiger partial charge in [0.25, 0.3) is 5.56 Å². The highest BCUT2D eigenvalue weighted by Crippen LogP contribution is 2.19. The largest absolute Gasteiger partial charge is 0.348 e. The minimum Gasteiger partial charge on any atom is -0.348 e. The van der Waals surface area contributed by atoms with Gasteiger partial charge in [0.15, 0.2) is 6.29 Å². The van der Waals surface area contributed by atoms with Crippen molar-refractivity contribution in [1.29, 1.82) is 0 Å². The number of thiophene rings is 1. The van der Waals surface area contributed by atoms with Crippen LogP contribution in [0.3, 0.4) is 0 Å². The van der Waals surface area contributed by atoms with Gasteiger partial charge in [-0.25, -0.2) is 4.98 Å². The molecule has 0 saturated carbocycles. The first-order chi connectivity index (χ1) is 8.25. The second-order valence-electron chi connectivity index (χ2n) is 3.97. The van der Waals surface area contributed by atoms with E-state index in [0.717, 1.165) is 11.1 Å². The van der Waals surface area contributed by atoms with E-state index in [0.29, 0.717) is 24.5 Å². The Labute approximate surface area is 102 Å². The second-order valence-corrected chi connectivity index (χ2v) is 4.85. The predicted molar refractivity (Wildman–Crippen MR) is 64.3 cm³/mol. The molecule has 1 aliphatic rings. The Kier molecular flexibility index (Phi) is 2.70. The molecular weight excluding hydrogens is 240 g/mol. The van der Waals surface area contributed by atoms with Crippen molar-refractivity contribution < 1.29 is 9.47 Å². The summed E-state index contributed by atoms with van der Waals surface area (Å²) in [6.07, 6.45) is 1.24. The average molecular weight is 252 g/mol. The Morgan fingerprint density at radius 3 is 3.06 bits per heavy atom. The molecule has 0 spiro atoms. The van der Waals surface area contributed by atoms with Crippen LogP contribution >= 0.6 is 11.3 Å². The number of fused-ring (bicyclic) bond motifs is 1. The van der Waals surface area contributed by atoms with Crippen molar-refractivity contribution in [2.24, 2.45) is 0 Å². The Balaban J connectivity index is 1.99. The van der Waals surface area contributed by atoms with Crippen LogP contribution in [0.1, 0.15) is 5.56 Å². The van der Waals surface area contributed by atoms with Crippen molar-refractivity contribution in [1.82, 2.24) is 9.55 Å². The third-order valence-electron chi connectivity index (χ3n) is 2.76. The molecule has 2 aromatic heterocycles. The number of ether oxygens (including phenoxy) is 2. The molecule has 0 aliphatic carbocycles. The van der Waals surface area contributed by atoms with Crippen LogP contribution in [0.15, 0.2) is 16.5 Å². The number of aromatic nitrogens is 2. The molecule has 0 atom stereocenters. The fraction of sp³-hybridized carbons (Fsp3) is 0.455. The maximum absolute atomic E-state index is 12.2. The number of hydrogen-bond donors (Lipinski definition) is 0. The van der Waals surface area contributed by atoms with Crippen LogP contribution in [-0.4, -0.2) is 29.1 Å². The standard InChI is InChI=1S/C11H12N2O3S/c1-7-5-17-10-9(7)12-6-13(11(10)14)4-8-15-2-3-16-8/h5-6,8H,2-4H2,1H3. The lowest BCUT2D eigenvalue weighted by molar-refractivity contribution is -0.0531. The number of nitrogens with zero attached hydrogens (tertiary/aromatic N) is 2. The second kappa shape index (κ2) is 4.21. The van der Waals surface area contributed by atoms with Crippen molar-refractivity contribution in [3.63, 3.8) is 0 Å². The molecule has 5 nitrogen and oxygen atoms in total. The van der Waals surface area contributed by atoms with Crippen LogP contribution in [0.4, 0.5) is 0 Å². The van der Waals surface area contributed by atoms with Crippen LogP contribution in [0.2, 0.25) is 0 Å². The molecule has 17 heavy (non-hydrogen) atoms. The molecule has 0 N–H and O–H groups in total. The van der Waals surface area contributed by atoms with Crippen molar-refractivity contribution in [3.05, 3.63) is 27.6 Å². The van der Waals surface area contributed by atoms with Gasteiger partial charge in [0.2, 0.25) is 0 Å². The number of hydrogen-bond acceptors (Lipinski definition) is 5. The minimum absolute atomic E-state index is 0.0211. The molecule has 0 amide bonds. The van der Waals surface area contributed by atoms with Crippen molar-refractivity contribution in [3.8, 4) is 0 Å². The first-order valence-electron chi connectivity index (χ1n) is 5.42. The highest BCUT2D eigenvalue weighted by Gasteiger charge is 2.18. The zero-order chi connectivity index (χ0) is 11.8. The highest BCUT2D eigenvalue weighted by molar-refractivity contribution is 7.17. The average Bonchev–Trinajstić information content (AvgIpc) is 2.93. The first kappa shape index (κ1) is 10.9. The fourth-order valence-electron chi connectivity index (χ4n) is 1.86. The van der Waals surface area contributed by atoms with Gasteiger partial charge in [-0.15, -0.1) is 11.3 Å². The molecule has 3 heterocycles. The molecule has 3 rings (SSSR count). The van der Waals surface area contributed by atoms with E-state index in [9.17, 15) is 4.79 Å². The normalized spacial score (nSPS) is 17.0. The predicted octanol–water partition coefficient (Wildman–Crippen LogP) is 1.14. The Morgan fingerprint density at radius 2 is 2.29 bits per heavy atom. The van der Waals surface area contributed by atoms with E-state index in [-0.39, 0.29) is 11.8 Å². The Morgan fingerprint density at radius 1 is 1.53 bits per heavy atom. The van der Waals surface area contributed by atoms with Crippen LogP contribution < -0.4 is 5.56 Å². The van der Waals surface area contributed by atoms with E-state index in [1.807, 2.05) is 12.3 Å². The minimum atomic E-state index is -0.326. The van der Waals surface area contributed by atoms with E-state index in [1.54, 1.807) is 10.9 Å². The lowest BCUT2D eigenvalue weighted by atomic mass is 10.3. The summed E-state index contributed by atoms with van der Waals surface area (Å²) in [6, 6.07) is 0. The van der Waals surface area contributed by atoms with E-state index < -0.39 is 0 Å². The first-order valence-corrected chi connectivity index (χ1v) is 6.30. The Hall–Kier alpha value is -1.24. The van der Waals surface area contributed by atoms with E-state index in [2.05, 4.69) is 4.98 Å². The molecule has 0 radical (unpaired) electrons. The lowest BCUT2D eigenvalue weighted by Gasteiger charge is -2.10. The lowest BCUT2D eigenvalue weighted by Crippen LogP contribution is -2.27. The van der Waals surface area contributed by atoms with Gasteiger partial charge in [-0.2, -0.15) is 0 Å². The van der Waals surface area contributed by atoms with Gasteiger partial charge in [0.1, 0.15) is 4.70 Å². The smallest absolute Gasteiger partial charge is 0.271 e. The van der Waals surface area contributed by atoms with Crippen LogP contribution in [0.5, 0.6) is 0 Å². The van der Waals surface area contributed by atoms with Crippen molar-refractivity contribution in [2.45, 2.75) is 19.8 Å². The van der Waals surface area contributed by atoms with E-state index in [4.69, 9.17) is 9.47 Å². The molecule has 0 bridgehead atoms. The van der Waals surface area contributed by atoms with E-state index >= 15 is 0 Å². The number of rotatable bonds is 2. The summed E-state index contributed by atoms with van der Waals surface area (Å²) in [5, 5.41) is 1.95. The van der Waals surface area contributed by atoms with Crippen molar-refractivity contribution in [2.75, 3.05) is 13.2 Å². The van der Waals surface area contributed by atoms with Gasteiger partial charge >= 0.3 is 0 Å². The van der Waals surface area contributed by atoms with Crippen LogP contribution in [0.25, 0.3) is 10.2 Å². The van der Waals surface area contributed by atoms with Gasteiger partial charge in [0, 0.05) is 0 Å². The summed E-state index contributed by atoms with van der Waals surface area (Å²) in [6.45, 7) is 3.54. The molecule has 1 fully saturated rings. The SMILES string of the molecule is Cc1csc2c(=O)n(CC3OCCO3)cnc12. The zero-order valence-electron chi connectivity index (χ0n) is 9.38. The summed E-state index contributed by atoms with van der Waals surface area (Å²) in [4.78, 5) is 16.5. The Bertz CT molecular complexity index is 598. The monoisotopic (exact) mass is 252 g/mol. The molecule has 2 aromatic rings. The summed E-state index contributed by atoms with van der Waals surface area (Å²) in [7, 11) is 0. The van der Waals surface area contributed by atoms with Gasteiger partial charge in [0.05, 0.1) is 31.6 Å². The zero-order valence-corrected chi connectivity index (χ0v) is 10.2. The van der Waals surface area contributed by atoms with Crippen LogP contribution in [-0.2, 0) is 16.0 Å². The van der Waals surface area contributed by atoms with Gasteiger partial charge < -0.3 is 9.47 Å². The summed E-state index contributed by atoms with van der Waals surface area (Å²) in [5.41, 5.74) is 1.82. The van der Waals surface area contributed by atoms with Gasteiger partial charge in [-0.3, -0.25) is 9.36 Å².